The molecule has 0 fully saturated rings. The van der Waals surface area contributed by atoms with Gasteiger partial charge in [0.05, 0.1) is 11.8 Å². The lowest BCUT2D eigenvalue weighted by Gasteiger charge is -2.21. The third kappa shape index (κ3) is 4.36. The molecule has 1 unspecified atom stereocenters. The van der Waals surface area contributed by atoms with Gasteiger partial charge >= 0.3 is 0 Å². The molecule has 5 nitrogen and oxygen atoms in total. The highest BCUT2D eigenvalue weighted by molar-refractivity contribution is 7.97. The van der Waals surface area contributed by atoms with Crippen molar-refractivity contribution in [3.05, 3.63) is 62.8 Å². The zero-order valence-electron chi connectivity index (χ0n) is 15.3. The molecule has 3 rings (SSSR count). The molecule has 1 atom stereocenters. The number of hydrogen-bond acceptors (Lipinski definition) is 4. The normalized spacial score (nSPS) is 14.5. The third-order valence-corrected chi connectivity index (χ3v) is 5.36. The minimum atomic E-state index is -0.303. The second kappa shape index (κ2) is 8.54. The number of fused-ring (bicyclic) bond motifs is 1. The van der Waals surface area contributed by atoms with E-state index >= 15 is 0 Å². The average Bonchev–Trinajstić information content (AvgIpc) is 2.65. The summed E-state index contributed by atoms with van der Waals surface area (Å²) in [4.78, 5) is 31.4. The molecule has 1 aliphatic rings. The fourth-order valence-electron chi connectivity index (χ4n) is 3.45. The monoisotopic (exact) mass is 371 g/mol. The van der Waals surface area contributed by atoms with Crippen LogP contribution in [0.1, 0.15) is 65.2 Å². The Labute approximate surface area is 158 Å². The predicted octanol–water partition coefficient (Wildman–Crippen LogP) is 3.39. The van der Waals surface area contributed by atoms with Crippen LogP contribution in [0.4, 0.5) is 0 Å². The van der Waals surface area contributed by atoms with Gasteiger partial charge in [0, 0.05) is 6.07 Å². The molecule has 0 radical (unpaired) electrons. The molecular weight excluding hydrogens is 346 g/mol. The van der Waals surface area contributed by atoms with Gasteiger partial charge in [0.15, 0.2) is 0 Å². The van der Waals surface area contributed by atoms with E-state index < -0.39 is 0 Å². The van der Waals surface area contributed by atoms with Gasteiger partial charge < -0.3 is 10.3 Å². The maximum atomic E-state index is 12.7. The van der Waals surface area contributed by atoms with Gasteiger partial charge in [-0.3, -0.25) is 9.59 Å². The Hall–Kier alpha value is -2.08. The van der Waals surface area contributed by atoms with E-state index in [0.29, 0.717) is 11.6 Å². The van der Waals surface area contributed by atoms with Crippen LogP contribution in [0.3, 0.4) is 0 Å². The lowest BCUT2D eigenvalue weighted by Crippen LogP contribution is -2.30. The molecular formula is C20H25N3O2S. The van der Waals surface area contributed by atoms with Crippen molar-refractivity contribution in [2.24, 2.45) is 0 Å². The number of aromatic nitrogens is 2. The summed E-state index contributed by atoms with van der Waals surface area (Å²) < 4.78 is 0. The van der Waals surface area contributed by atoms with Gasteiger partial charge in [-0.25, -0.2) is 4.98 Å². The van der Waals surface area contributed by atoms with Crippen LogP contribution < -0.4 is 10.9 Å². The summed E-state index contributed by atoms with van der Waals surface area (Å²) >= 11 is 1.55. The fourth-order valence-corrected chi connectivity index (χ4v) is 3.86. The number of rotatable bonds is 6. The van der Waals surface area contributed by atoms with Gasteiger partial charge in [-0.05, 0) is 55.1 Å². The maximum Gasteiger partial charge on any atom is 0.270 e. The van der Waals surface area contributed by atoms with E-state index in [9.17, 15) is 9.59 Å². The zero-order chi connectivity index (χ0) is 18.5. The molecule has 6 heteroatoms. The average molecular weight is 372 g/mol. The first-order chi connectivity index (χ1) is 12.6. The number of hydrogen-bond donors (Lipinski definition) is 2. The van der Waals surface area contributed by atoms with Crippen molar-refractivity contribution in [1.29, 1.82) is 0 Å². The van der Waals surface area contributed by atoms with E-state index in [0.717, 1.165) is 24.8 Å². The van der Waals surface area contributed by atoms with Gasteiger partial charge in [0.25, 0.3) is 11.5 Å². The van der Waals surface area contributed by atoms with E-state index in [1.54, 1.807) is 11.8 Å². The Morgan fingerprint density at radius 2 is 2.04 bits per heavy atom. The molecule has 1 aromatic heterocycles. The number of aryl methyl sites for hydroxylation is 2. The van der Waals surface area contributed by atoms with Crippen LogP contribution in [-0.2, 0) is 18.6 Å². The van der Waals surface area contributed by atoms with Crippen LogP contribution in [-0.4, -0.2) is 22.1 Å². The first-order valence-corrected chi connectivity index (χ1v) is 10.5. The third-order valence-electron chi connectivity index (χ3n) is 4.79. The molecule has 138 valence electrons. The van der Waals surface area contributed by atoms with Crippen LogP contribution in [0.25, 0.3) is 0 Å². The Kier molecular flexibility index (Phi) is 6.14. The molecule has 1 aromatic carbocycles. The highest BCUT2D eigenvalue weighted by Crippen LogP contribution is 2.26. The molecule has 1 heterocycles. The van der Waals surface area contributed by atoms with Crippen LogP contribution in [0.2, 0.25) is 0 Å². The van der Waals surface area contributed by atoms with Gasteiger partial charge in [0.2, 0.25) is 0 Å². The topological polar surface area (TPSA) is 74.8 Å². The summed E-state index contributed by atoms with van der Waals surface area (Å²) in [5, 5.41) is 3.04. The molecule has 1 amide bonds. The van der Waals surface area contributed by atoms with Crippen LogP contribution in [0.5, 0.6) is 0 Å². The largest absolute Gasteiger partial charge is 0.344 e. The van der Waals surface area contributed by atoms with Crippen LogP contribution >= 0.6 is 11.8 Å². The van der Waals surface area contributed by atoms with E-state index in [1.807, 2.05) is 6.26 Å². The van der Waals surface area contributed by atoms with E-state index in [2.05, 4.69) is 40.4 Å². The van der Waals surface area contributed by atoms with Crippen molar-refractivity contribution >= 4 is 17.7 Å². The van der Waals surface area contributed by atoms with Crippen molar-refractivity contribution in [1.82, 2.24) is 15.3 Å². The number of carbonyl (C=O) groups excluding carboxylic acids is 1. The van der Waals surface area contributed by atoms with Gasteiger partial charge in [0.1, 0.15) is 11.5 Å². The SMILES string of the molecule is CCC(NC(=O)c1cc(=O)[nH]c(CSC)n1)c1ccc2c(c1)CCCC2. The smallest absolute Gasteiger partial charge is 0.270 e. The lowest BCUT2D eigenvalue weighted by atomic mass is 9.89. The van der Waals surface area contributed by atoms with Crippen LogP contribution in [0, 0.1) is 0 Å². The van der Waals surface area contributed by atoms with E-state index in [4.69, 9.17) is 0 Å². The second-order valence-corrected chi connectivity index (χ2v) is 7.55. The van der Waals surface area contributed by atoms with Crippen molar-refractivity contribution in [3.8, 4) is 0 Å². The Morgan fingerprint density at radius 1 is 1.27 bits per heavy atom. The van der Waals surface area contributed by atoms with Crippen molar-refractivity contribution in [2.45, 2.75) is 50.8 Å². The summed E-state index contributed by atoms with van der Waals surface area (Å²) in [6.07, 6.45) is 7.46. The van der Waals surface area contributed by atoms with Gasteiger partial charge in [-0.15, -0.1) is 0 Å². The summed E-state index contributed by atoms with van der Waals surface area (Å²) in [5.74, 6) is 0.790. The quantitative estimate of drug-likeness (QED) is 0.816. The molecule has 26 heavy (non-hydrogen) atoms. The minimum Gasteiger partial charge on any atom is -0.344 e. The molecule has 2 aromatic rings. The lowest BCUT2D eigenvalue weighted by molar-refractivity contribution is 0.0930. The standard InChI is InChI=1S/C20H25N3O2S/c1-3-16(15-9-8-13-6-4-5-7-14(13)10-15)22-20(25)17-11-19(24)23-18(21-17)12-26-2/h8-11,16H,3-7,12H2,1-2H3,(H,22,25)(H,21,23,24). The first-order valence-electron chi connectivity index (χ1n) is 9.12. The molecule has 0 bridgehead atoms. The molecule has 2 N–H and O–H groups in total. The van der Waals surface area contributed by atoms with Gasteiger partial charge in [-0.2, -0.15) is 11.8 Å². The first kappa shape index (κ1) is 18.7. The number of benzene rings is 1. The fraction of sp³-hybridized carbons (Fsp3) is 0.450. The summed E-state index contributed by atoms with van der Waals surface area (Å²) in [6.45, 7) is 2.05. The van der Waals surface area contributed by atoms with Crippen LogP contribution in [0.15, 0.2) is 29.1 Å². The molecule has 0 aliphatic heterocycles. The van der Waals surface area contributed by atoms with Gasteiger partial charge in [-0.1, -0.05) is 25.1 Å². The summed E-state index contributed by atoms with van der Waals surface area (Å²) in [5.41, 5.74) is 3.83. The number of thioether (sulfide) groups is 1. The molecule has 0 saturated carbocycles. The Morgan fingerprint density at radius 3 is 2.77 bits per heavy atom. The summed E-state index contributed by atoms with van der Waals surface area (Å²) in [7, 11) is 0. The van der Waals surface area contributed by atoms with Crippen molar-refractivity contribution in [2.75, 3.05) is 6.26 Å². The number of nitrogens with zero attached hydrogens (tertiary/aromatic N) is 1. The highest BCUT2D eigenvalue weighted by atomic mass is 32.2. The Bertz CT molecular complexity index is 847. The molecule has 0 saturated heterocycles. The molecule has 1 aliphatic carbocycles. The van der Waals surface area contributed by atoms with E-state index in [-0.39, 0.29) is 23.2 Å². The summed E-state index contributed by atoms with van der Waals surface area (Å²) in [6, 6.07) is 7.72. The second-order valence-electron chi connectivity index (χ2n) is 6.68. The number of nitrogens with one attached hydrogen (secondary N) is 2. The highest BCUT2D eigenvalue weighted by Gasteiger charge is 2.18. The van der Waals surface area contributed by atoms with Crippen molar-refractivity contribution in [3.63, 3.8) is 0 Å². The number of aromatic amines is 1. The zero-order valence-corrected chi connectivity index (χ0v) is 16.1. The van der Waals surface area contributed by atoms with Crippen molar-refractivity contribution < 1.29 is 4.79 Å². The number of amides is 1. The molecule has 0 spiro atoms. The predicted molar refractivity (Wildman–Crippen MR) is 106 cm³/mol. The van der Waals surface area contributed by atoms with E-state index in [1.165, 1.54) is 30.0 Å². The Balaban J connectivity index is 1.80. The number of carbonyl (C=O) groups is 1. The minimum absolute atomic E-state index is 0.0835. The number of H-pyrrole nitrogens is 1. The maximum absolute atomic E-state index is 12.7.